The molecule has 3 aromatic rings. The number of aromatic amines is 1. The van der Waals surface area contributed by atoms with Crippen LogP contribution in [-0.2, 0) is 18.3 Å². The summed E-state index contributed by atoms with van der Waals surface area (Å²) < 4.78 is 9.18. The number of nitrogens with one attached hydrogen (secondary N) is 2. The highest BCUT2D eigenvalue weighted by molar-refractivity contribution is 5.93. The maximum atomic E-state index is 13.3. The number of aryl methyl sites for hydroxylation is 1. The molecule has 0 radical (unpaired) electrons. The number of pyridine rings is 1. The summed E-state index contributed by atoms with van der Waals surface area (Å²) in [6, 6.07) is 5.56. The van der Waals surface area contributed by atoms with Gasteiger partial charge in [0.2, 0.25) is 0 Å². The summed E-state index contributed by atoms with van der Waals surface area (Å²) in [6.07, 6.45) is 8.99. The fourth-order valence-electron chi connectivity index (χ4n) is 3.45. The highest BCUT2D eigenvalue weighted by Gasteiger charge is 2.23. The molecule has 9 nitrogen and oxygen atoms in total. The van der Waals surface area contributed by atoms with Crippen LogP contribution in [0.5, 0.6) is 0 Å². The maximum absolute atomic E-state index is 13.3. The molecule has 0 atom stereocenters. The maximum Gasteiger partial charge on any atom is 0.346 e. The molecule has 2 N–H and O–H groups in total. The van der Waals surface area contributed by atoms with E-state index in [0.29, 0.717) is 18.7 Å². The average Bonchev–Trinajstić information content (AvgIpc) is 3.44. The van der Waals surface area contributed by atoms with Crippen LogP contribution in [0.25, 0.3) is 5.82 Å². The van der Waals surface area contributed by atoms with E-state index in [1.165, 1.54) is 4.90 Å². The van der Waals surface area contributed by atoms with E-state index in [1.807, 2.05) is 53.3 Å². The van der Waals surface area contributed by atoms with Crippen LogP contribution in [0.3, 0.4) is 0 Å². The fourth-order valence-corrected chi connectivity index (χ4v) is 3.45. The van der Waals surface area contributed by atoms with Gasteiger partial charge in [0, 0.05) is 31.7 Å². The fraction of sp³-hybridized carbons (Fsp3) is 0.400. The van der Waals surface area contributed by atoms with Gasteiger partial charge in [0.1, 0.15) is 25.1 Å². The third-order valence-electron chi connectivity index (χ3n) is 5.26. The molecule has 4 heterocycles. The summed E-state index contributed by atoms with van der Waals surface area (Å²) in [5.74, 6) is 1.57. The van der Waals surface area contributed by atoms with E-state index in [9.17, 15) is 4.79 Å². The largest absolute Gasteiger partial charge is 0.370 e. The predicted molar refractivity (Wildman–Crippen MR) is 104 cm³/mol. The van der Waals surface area contributed by atoms with E-state index in [2.05, 4.69) is 15.1 Å². The number of imidazole rings is 1. The lowest BCUT2D eigenvalue weighted by atomic mass is 10.2. The van der Waals surface area contributed by atoms with Gasteiger partial charge in [-0.25, -0.2) is 10.1 Å². The number of hydrogen-bond donors (Lipinski definition) is 2. The standard InChI is InChI=1S/C20H25N7O2/c1-24-8-6-21-19(24)16-26(10-9-25-11-13-29-14-12-25)20(28)17-3-4-18(22-15-17)27-7-2-5-23-27/h2-8,15H,9-14,16H2,1H3/p+2. The Morgan fingerprint density at radius 3 is 2.86 bits per heavy atom. The van der Waals surface area contributed by atoms with Crippen molar-refractivity contribution in [3.63, 3.8) is 0 Å². The van der Waals surface area contributed by atoms with Crippen LogP contribution >= 0.6 is 0 Å². The van der Waals surface area contributed by atoms with Crippen LogP contribution in [0.4, 0.5) is 0 Å². The topological polar surface area (TPSA) is 84.4 Å². The molecular formula is C20H27N7O2+2. The number of rotatable bonds is 7. The highest BCUT2D eigenvalue weighted by atomic mass is 16.5. The summed E-state index contributed by atoms with van der Waals surface area (Å²) >= 11 is 0. The minimum absolute atomic E-state index is 0.0313. The van der Waals surface area contributed by atoms with Crippen LogP contribution in [-0.4, -0.2) is 69.8 Å². The number of carbonyl (C=O) groups is 1. The molecule has 0 aliphatic carbocycles. The number of aromatic nitrogens is 5. The van der Waals surface area contributed by atoms with Crippen LogP contribution < -0.4 is 9.58 Å². The first-order valence-electron chi connectivity index (χ1n) is 9.89. The number of hydrogen-bond acceptors (Lipinski definition) is 4. The number of carbonyl (C=O) groups excluding carboxylic acids is 1. The molecule has 9 heteroatoms. The number of amides is 1. The Labute approximate surface area is 169 Å². The summed E-state index contributed by atoms with van der Waals surface area (Å²) in [5, 5.41) is 3.05. The van der Waals surface area contributed by atoms with Gasteiger partial charge in [-0.15, -0.1) is 4.68 Å². The minimum atomic E-state index is -0.0313. The Morgan fingerprint density at radius 1 is 1.34 bits per heavy atom. The molecule has 29 heavy (non-hydrogen) atoms. The first-order chi connectivity index (χ1) is 14.2. The van der Waals surface area contributed by atoms with Crippen LogP contribution in [0, 0.1) is 0 Å². The van der Waals surface area contributed by atoms with Crippen molar-refractivity contribution in [2.24, 2.45) is 7.05 Å². The molecule has 4 rings (SSSR count). The van der Waals surface area contributed by atoms with Crippen molar-refractivity contribution in [1.82, 2.24) is 24.5 Å². The van der Waals surface area contributed by atoms with Crippen molar-refractivity contribution in [1.29, 1.82) is 0 Å². The van der Waals surface area contributed by atoms with E-state index < -0.39 is 0 Å². The molecule has 1 amide bonds. The molecule has 1 saturated heterocycles. The summed E-state index contributed by atoms with van der Waals surface area (Å²) in [4.78, 5) is 25.4. The van der Waals surface area contributed by atoms with Crippen LogP contribution in [0.2, 0.25) is 0 Å². The van der Waals surface area contributed by atoms with Gasteiger partial charge in [0.05, 0.1) is 38.4 Å². The SMILES string of the molecule is Cn1ccnc1CN(CC[NH+]1CCOCC1)C(=O)c1ccc(-[n+]2ccc[nH]2)nc1. The minimum Gasteiger partial charge on any atom is -0.370 e. The van der Waals surface area contributed by atoms with Crippen molar-refractivity contribution < 1.29 is 19.1 Å². The second-order valence-corrected chi connectivity index (χ2v) is 7.21. The monoisotopic (exact) mass is 397 g/mol. The number of quaternary nitrogens is 1. The third kappa shape index (κ3) is 4.69. The zero-order valence-corrected chi connectivity index (χ0v) is 16.6. The van der Waals surface area contributed by atoms with Crippen LogP contribution in [0.15, 0.2) is 49.2 Å². The molecule has 1 aliphatic rings. The molecule has 0 saturated carbocycles. The first kappa shape index (κ1) is 19.3. The number of nitrogens with zero attached hydrogens (tertiary/aromatic N) is 5. The van der Waals surface area contributed by atoms with Gasteiger partial charge in [-0.3, -0.25) is 4.79 Å². The van der Waals surface area contributed by atoms with E-state index >= 15 is 0 Å². The van der Waals surface area contributed by atoms with Gasteiger partial charge in [-0.1, -0.05) is 0 Å². The average molecular weight is 397 g/mol. The lowest BCUT2D eigenvalue weighted by Crippen LogP contribution is -3.14. The van der Waals surface area contributed by atoms with E-state index in [-0.39, 0.29) is 5.91 Å². The zero-order valence-electron chi connectivity index (χ0n) is 16.6. The number of morpholine rings is 1. The second-order valence-electron chi connectivity index (χ2n) is 7.21. The molecule has 1 fully saturated rings. The van der Waals surface area contributed by atoms with Gasteiger partial charge in [0.15, 0.2) is 6.20 Å². The van der Waals surface area contributed by atoms with Gasteiger partial charge >= 0.3 is 5.82 Å². The molecular weight excluding hydrogens is 370 g/mol. The second kappa shape index (κ2) is 8.97. The molecule has 0 bridgehead atoms. The molecule has 0 unspecified atom stereocenters. The third-order valence-corrected chi connectivity index (χ3v) is 5.26. The number of H-pyrrole nitrogens is 1. The lowest BCUT2D eigenvalue weighted by Gasteiger charge is -2.27. The van der Waals surface area contributed by atoms with Gasteiger partial charge in [-0.05, 0) is 17.1 Å². The smallest absolute Gasteiger partial charge is 0.346 e. The van der Waals surface area contributed by atoms with Crippen molar-refractivity contribution >= 4 is 5.91 Å². The Kier molecular flexibility index (Phi) is 5.97. The molecule has 3 aromatic heterocycles. The van der Waals surface area contributed by atoms with Crippen molar-refractivity contribution in [3.05, 3.63) is 60.6 Å². The predicted octanol–water partition coefficient (Wildman–Crippen LogP) is -1.02. The molecule has 0 spiro atoms. The Hall–Kier alpha value is -3.04. The molecule has 0 aromatic carbocycles. The van der Waals surface area contributed by atoms with Gasteiger partial charge < -0.3 is 19.1 Å². The molecule has 152 valence electrons. The van der Waals surface area contributed by atoms with Gasteiger partial charge in [0.25, 0.3) is 5.91 Å². The summed E-state index contributed by atoms with van der Waals surface area (Å²) in [6.45, 7) is 5.55. The van der Waals surface area contributed by atoms with E-state index in [4.69, 9.17) is 4.74 Å². The lowest BCUT2D eigenvalue weighted by molar-refractivity contribution is -0.907. The van der Waals surface area contributed by atoms with Gasteiger partial charge in [-0.2, -0.15) is 0 Å². The number of ether oxygens (including phenoxy) is 1. The van der Waals surface area contributed by atoms with Crippen molar-refractivity contribution in [2.75, 3.05) is 39.4 Å². The Balaban J connectivity index is 1.49. The van der Waals surface area contributed by atoms with Crippen LogP contribution in [0.1, 0.15) is 16.2 Å². The Morgan fingerprint density at radius 2 is 2.21 bits per heavy atom. The quantitative estimate of drug-likeness (QED) is 0.500. The summed E-state index contributed by atoms with van der Waals surface area (Å²) in [7, 11) is 1.95. The summed E-state index contributed by atoms with van der Waals surface area (Å²) in [5.41, 5.74) is 0.576. The highest BCUT2D eigenvalue weighted by Crippen LogP contribution is 2.09. The van der Waals surface area contributed by atoms with Crippen molar-refractivity contribution in [2.45, 2.75) is 6.54 Å². The zero-order chi connectivity index (χ0) is 20.1. The Bertz CT molecular complexity index is 915. The van der Waals surface area contributed by atoms with E-state index in [1.54, 1.807) is 17.1 Å². The molecule has 1 aliphatic heterocycles. The van der Waals surface area contributed by atoms with E-state index in [0.717, 1.165) is 44.5 Å². The first-order valence-corrected chi connectivity index (χ1v) is 9.89. The van der Waals surface area contributed by atoms with Crippen molar-refractivity contribution in [3.8, 4) is 5.82 Å². The normalized spacial score (nSPS) is 14.8.